The molecule has 0 radical (unpaired) electrons. The van der Waals surface area contributed by atoms with E-state index in [0.29, 0.717) is 17.1 Å². The maximum Gasteiger partial charge on any atom is 0.415 e. The van der Waals surface area contributed by atoms with Gasteiger partial charge < -0.3 is 24.7 Å². The third-order valence-corrected chi connectivity index (χ3v) is 4.14. The number of amides is 1. The fraction of sp³-hybridized carbons (Fsp3) is 0.316. The predicted octanol–water partition coefficient (Wildman–Crippen LogP) is 2.47. The monoisotopic (exact) mass is 431 g/mol. The van der Waals surface area contributed by atoms with Crippen molar-refractivity contribution in [2.75, 3.05) is 37.6 Å². The van der Waals surface area contributed by atoms with Crippen LogP contribution in [0.1, 0.15) is 12.5 Å². The first-order valence-corrected chi connectivity index (χ1v) is 9.27. The Kier molecular flexibility index (Phi) is 6.70. The van der Waals surface area contributed by atoms with Crippen molar-refractivity contribution in [3.63, 3.8) is 0 Å². The lowest BCUT2D eigenvalue weighted by atomic mass is 10.2. The van der Waals surface area contributed by atoms with Crippen LogP contribution in [-0.2, 0) is 11.3 Å². The van der Waals surface area contributed by atoms with Crippen molar-refractivity contribution >= 4 is 23.4 Å². The number of methoxy groups -OCH3 is 1. The van der Waals surface area contributed by atoms with Gasteiger partial charge in [-0.25, -0.2) is 4.79 Å². The maximum atomic E-state index is 12.7. The van der Waals surface area contributed by atoms with E-state index in [-0.39, 0.29) is 38.2 Å². The van der Waals surface area contributed by atoms with Gasteiger partial charge in [-0.2, -0.15) is 9.97 Å². The van der Waals surface area contributed by atoms with E-state index in [9.17, 15) is 14.9 Å². The Balaban J connectivity index is 2.20. The minimum Gasteiger partial charge on any atom is -0.497 e. The lowest BCUT2D eigenvalue weighted by molar-refractivity contribution is -0.383. The fourth-order valence-electron chi connectivity index (χ4n) is 2.80. The number of hydrogen-bond acceptors (Lipinski definition) is 10. The number of rotatable bonds is 3. The number of fused-ring (bicyclic) bond motifs is 4. The number of carbonyl (C=O) groups is 1. The molecule has 0 unspecified atom stereocenters. The number of carbonyl (C=O) groups excluding carboxylic acids is 1. The maximum absolute atomic E-state index is 12.7. The van der Waals surface area contributed by atoms with Crippen LogP contribution >= 0.6 is 0 Å². The van der Waals surface area contributed by atoms with Crippen molar-refractivity contribution in [2.24, 2.45) is 0 Å². The second-order valence-corrected chi connectivity index (χ2v) is 6.22. The molecular weight excluding hydrogens is 410 g/mol. The molecule has 2 heterocycles. The molecular formula is C19H21N5O7. The molecule has 1 aromatic heterocycles. The second-order valence-electron chi connectivity index (χ2n) is 6.22. The van der Waals surface area contributed by atoms with Gasteiger partial charge in [0.2, 0.25) is 11.6 Å². The van der Waals surface area contributed by atoms with E-state index in [1.165, 1.54) is 7.11 Å². The number of nitrogens with zero attached hydrogens (tertiary/aromatic N) is 4. The topological polar surface area (TPSA) is 152 Å². The summed E-state index contributed by atoms with van der Waals surface area (Å²) in [5.41, 5.74) is 5.72. The van der Waals surface area contributed by atoms with Crippen LogP contribution < -0.4 is 24.8 Å². The summed E-state index contributed by atoms with van der Waals surface area (Å²) in [5, 5.41) is 11.7. The van der Waals surface area contributed by atoms with Gasteiger partial charge in [-0.15, -0.1) is 0 Å². The van der Waals surface area contributed by atoms with Gasteiger partial charge in [-0.3, -0.25) is 15.0 Å². The second kappa shape index (κ2) is 9.61. The highest BCUT2D eigenvalue weighted by Crippen LogP contribution is 2.35. The molecule has 164 valence electrons. The van der Waals surface area contributed by atoms with Gasteiger partial charge in [0.05, 0.1) is 25.2 Å². The van der Waals surface area contributed by atoms with Crippen LogP contribution in [0.4, 0.5) is 22.1 Å². The summed E-state index contributed by atoms with van der Waals surface area (Å²) < 4.78 is 21.5. The molecule has 0 fully saturated rings. The highest BCUT2D eigenvalue weighted by atomic mass is 16.6. The fourth-order valence-corrected chi connectivity index (χ4v) is 2.80. The van der Waals surface area contributed by atoms with Crippen LogP contribution in [0, 0.1) is 10.1 Å². The summed E-state index contributed by atoms with van der Waals surface area (Å²) >= 11 is 0. The van der Waals surface area contributed by atoms with E-state index in [1.54, 1.807) is 37.3 Å². The number of hydrogen-bond donors (Lipinski definition) is 1. The van der Waals surface area contributed by atoms with Crippen LogP contribution in [0.15, 0.2) is 30.4 Å². The molecule has 0 saturated heterocycles. The molecule has 2 N–H and O–H groups in total. The molecule has 1 amide bonds. The number of anilines is 2. The first-order chi connectivity index (χ1) is 14.9. The van der Waals surface area contributed by atoms with E-state index >= 15 is 0 Å². The zero-order chi connectivity index (χ0) is 22.4. The van der Waals surface area contributed by atoms with Crippen molar-refractivity contribution < 1.29 is 28.7 Å². The summed E-state index contributed by atoms with van der Waals surface area (Å²) in [5.74, 6) is 0.175. The molecule has 12 heteroatoms. The SMILES string of the molecule is CCOC(=O)N1Cc2cc(OC)cc(c2)OCC=CCOc2nc(N)c([N+](=O)[O-])c1n2. The van der Waals surface area contributed by atoms with E-state index in [0.717, 1.165) is 4.90 Å². The average molecular weight is 431 g/mol. The van der Waals surface area contributed by atoms with E-state index in [2.05, 4.69) is 9.97 Å². The standard InChI is InChI=1S/C19H21N5O7/c1-3-29-19(25)23-11-12-8-13(28-2)10-14(9-12)30-6-4-5-7-31-18-21-16(20)15(24(26)27)17(23)22-18/h4-5,8-10H,3,6-7,11H2,1-2H3,(H2,20,21,22). The summed E-state index contributed by atoms with van der Waals surface area (Å²) in [6.45, 7) is 1.83. The Morgan fingerprint density at radius 3 is 2.68 bits per heavy atom. The van der Waals surface area contributed by atoms with Gasteiger partial charge in [-0.05, 0) is 36.8 Å². The predicted molar refractivity (Wildman–Crippen MR) is 109 cm³/mol. The Morgan fingerprint density at radius 1 is 1.26 bits per heavy atom. The summed E-state index contributed by atoms with van der Waals surface area (Å²) in [6.07, 6.45) is 2.54. The van der Waals surface area contributed by atoms with Crippen LogP contribution in [0.3, 0.4) is 0 Å². The Bertz CT molecular complexity index is 1010. The van der Waals surface area contributed by atoms with Crippen molar-refractivity contribution in [2.45, 2.75) is 13.5 Å². The molecule has 4 bridgehead atoms. The number of benzene rings is 1. The Hall–Kier alpha value is -4.09. The zero-order valence-corrected chi connectivity index (χ0v) is 16.9. The van der Waals surface area contributed by atoms with Crippen LogP contribution in [0.2, 0.25) is 0 Å². The number of aromatic nitrogens is 2. The number of ether oxygens (including phenoxy) is 4. The van der Waals surface area contributed by atoms with Crippen LogP contribution in [0.5, 0.6) is 17.5 Å². The largest absolute Gasteiger partial charge is 0.497 e. The first-order valence-electron chi connectivity index (χ1n) is 9.27. The quantitative estimate of drug-likeness (QED) is 0.435. The molecule has 2 aromatic rings. The zero-order valence-electron chi connectivity index (χ0n) is 16.9. The normalized spacial score (nSPS) is 13.4. The Labute approximate surface area is 177 Å². The van der Waals surface area contributed by atoms with E-state index in [4.69, 9.17) is 24.7 Å². The van der Waals surface area contributed by atoms with Gasteiger partial charge in [0.15, 0.2) is 0 Å². The minimum atomic E-state index is -0.855. The highest BCUT2D eigenvalue weighted by molar-refractivity contribution is 5.90. The van der Waals surface area contributed by atoms with Crippen molar-refractivity contribution in [3.05, 3.63) is 46.0 Å². The lowest BCUT2D eigenvalue weighted by Crippen LogP contribution is -2.33. The van der Waals surface area contributed by atoms with Crippen molar-refractivity contribution in [1.82, 2.24) is 9.97 Å². The first kappa shape index (κ1) is 21.6. The molecule has 3 rings (SSSR count). The molecule has 1 aliphatic heterocycles. The third-order valence-electron chi connectivity index (χ3n) is 4.14. The van der Waals surface area contributed by atoms with Gasteiger partial charge in [0, 0.05) is 6.07 Å². The van der Waals surface area contributed by atoms with Crippen LogP contribution in [-0.4, -0.2) is 47.9 Å². The number of nitrogens with two attached hydrogens (primary N) is 1. The van der Waals surface area contributed by atoms with Crippen molar-refractivity contribution in [3.8, 4) is 17.5 Å². The molecule has 0 saturated carbocycles. The molecule has 31 heavy (non-hydrogen) atoms. The molecule has 12 nitrogen and oxygen atoms in total. The summed E-state index contributed by atoms with van der Waals surface area (Å²) in [4.78, 5) is 32.6. The highest BCUT2D eigenvalue weighted by Gasteiger charge is 2.32. The average Bonchev–Trinajstić information content (AvgIpc) is 2.73. The molecule has 0 atom stereocenters. The van der Waals surface area contributed by atoms with Gasteiger partial charge in [-0.1, -0.05) is 0 Å². The van der Waals surface area contributed by atoms with Gasteiger partial charge in [0.1, 0.15) is 24.7 Å². The summed E-state index contributed by atoms with van der Waals surface area (Å²) in [7, 11) is 1.49. The van der Waals surface area contributed by atoms with Crippen molar-refractivity contribution in [1.29, 1.82) is 0 Å². The molecule has 1 aliphatic rings. The number of nitrogen functional groups attached to an aromatic ring is 1. The lowest BCUT2D eigenvalue weighted by Gasteiger charge is -2.22. The Morgan fingerprint density at radius 2 is 2.00 bits per heavy atom. The van der Waals surface area contributed by atoms with Gasteiger partial charge >= 0.3 is 17.8 Å². The minimum absolute atomic E-state index is 0.0460. The summed E-state index contributed by atoms with van der Waals surface area (Å²) in [6, 6.07) is 4.80. The number of nitro groups is 1. The van der Waals surface area contributed by atoms with E-state index < -0.39 is 22.5 Å². The molecule has 0 spiro atoms. The van der Waals surface area contributed by atoms with E-state index in [1.807, 2.05) is 0 Å². The van der Waals surface area contributed by atoms with Crippen LogP contribution in [0.25, 0.3) is 0 Å². The molecule has 1 aromatic carbocycles. The molecule has 0 aliphatic carbocycles. The third kappa shape index (κ3) is 5.10. The smallest absolute Gasteiger partial charge is 0.415 e. The van der Waals surface area contributed by atoms with Gasteiger partial charge in [0.25, 0.3) is 0 Å².